The number of halogens is 2. The van der Waals surface area contributed by atoms with Crippen LogP contribution in [0.2, 0.25) is 0 Å². The van der Waals surface area contributed by atoms with Crippen molar-refractivity contribution in [2.45, 2.75) is 20.3 Å². The summed E-state index contributed by atoms with van der Waals surface area (Å²) in [6, 6.07) is 26.0. The summed E-state index contributed by atoms with van der Waals surface area (Å²) in [6.45, 7) is 6.35. The third-order valence-corrected chi connectivity index (χ3v) is 4.70. The summed E-state index contributed by atoms with van der Waals surface area (Å²) in [6.07, 6.45) is 0.420. The molecule has 0 atom stereocenters. The molecule has 3 rings (SSSR count). The van der Waals surface area contributed by atoms with E-state index in [1.807, 2.05) is 54.6 Å². The molecule has 0 amide bonds. The zero-order valence-corrected chi connectivity index (χ0v) is 18.4. The second-order valence-corrected chi connectivity index (χ2v) is 6.51. The second-order valence-electron chi connectivity index (χ2n) is 6.51. The van der Waals surface area contributed by atoms with Crippen LogP contribution in [-0.4, -0.2) is 18.9 Å². The topological polar surface area (TPSA) is 32.3 Å². The van der Waals surface area contributed by atoms with E-state index in [2.05, 4.69) is 48.3 Å². The number of nitrogens with zero attached hydrogens (tertiary/aromatic N) is 1. The molecule has 3 aromatic carbocycles. The fourth-order valence-corrected chi connectivity index (χ4v) is 3.13. The van der Waals surface area contributed by atoms with Crippen molar-refractivity contribution < 1.29 is 4.79 Å². The summed E-state index contributed by atoms with van der Waals surface area (Å²) < 4.78 is 0. The van der Waals surface area contributed by atoms with Gasteiger partial charge in [-0.05, 0) is 55.8 Å². The maximum Gasteiger partial charge on any atom is 0.167 e. The van der Waals surface area contributed by atoms with Crippen LogP contribution in [0.1, 0.15) is 29.8 Å². The molecule has 0 fully saturated rings. The second kappa shape index (κ2) is 12.2. The van der Waals surface area contributed by atoms with E-state index >= 15 is 0 Å². The Balaban J connectivity index is 0.00000210. The normalized spacial score (nSPS) is 9.72. The van der Waals surface area contributed by atoms with Gasteiger partial charge in [-0.3, -0.25) is 4.79 Å². The van der Waals surface area contributed by atoms with Gasteiger partial charge in [-0.25, -0.2) is 0 Å². The first-order chi connectivity index (χ1) is 13.2. The Morgan fingerprint density at radius 2 is 1.28 bits per heavy atom. The molecule has 0 saturated heterocycles. The number of hydrogen-bond acceptors (Lipinski definition) is 3. The monoisotopic (exact) mass is 430 g/mol. The highest BCUT2D eigenvalue weighted by atomic mass is 35.5. The molecule has 0 unspecified atom stereocenters. The summed E-state index contributed by atoms with van der Waals surface area (Å²) in [5, 5.41) is 3.41. The maximum atomic E-state index is 12.3. The van der Waals surface area contributed by atoms with Gasteiger partial charge in [-0.15, -0.1) is 24.8 Å². The highest BCUT2D eigenvalue weighted by Gasteiger charge is 2.06. The zero-order chi connectivity index (χ0) is 19.1. The van der Waals surface area contributed by atoms with E-state index < -0.39 is 0 Å². The first-order valence-electron chi connectivity index (χ1n) is 9.48. The van der Waals surface area contributed by atoms with Crippen LogP contribution in [0, 0.1) is 0 Å². The van der Waals surface area contributed by atoms with Gasteiger partial charge in [0, 0.05) is 42.1 Å². The van der Waals surface area contributed by atoms with Crippen molar-refractivity contribution in [1.82, 2.24) is 0 Å². The number of Topliss-reactive ketones (excluding diaryl/α,β-unsaturated/α-hetero) is 1. The van der Waals surface area contributed by atoms with E-state index in [-0.39, 0.29) is 30.6 Å². The summed E-state index contributed by atoms with van der Waals surface area (Å²) in [7, 11) is 0. The average molecular weight is 431 g/mol. The SMILES string of the molecule is CCN(CC)c1ccc(Nc2ccc(CC(=O)c3ccccc3)cc2)cc1.Cl.Cl. The fourth-order valence-electron chi connectivity index (χ4n) is 3.13. The number of rotatable bonds is 8. The van der Waals surface area contributed by atoms with Gasteiger partial charge in [-0.2, -0.15) is 0 Å². The molecule has 5 heteroatoms. The van der Waals surface area contributed by atoms with Crippen LogP contribution in [0.25, 0.3) is 0 Å². The predicted molar refractivity (Wildman–Crippen MR) is 129 cm³/mol. The lowest BCUT2D eigenvalue weighted by Gasteiger charge is -2.21. The molecular weight excluding hydrogens is 403 g/mol. The van der Waals surface area contributed by atoms with E-state index in [9.17, 15) is 4.79 Å². The third kappa shape index (κ3) is 6.81. The Bertz CT molecular complexity index is 862. The molecule has 1 N–H and O–H groups in total. The molecule has 0 radical (unpaired) electrons. The van der Waals surface area contributed by atoms with Gasteiger partial charge in [0.25, 0.3) is 0 Å². The van der Waals surface area contributed by atoms with Gasteiger partial charge in [-0.1, -0.05) is 42.5 Å². The fraction of sp³-hybridized carbons (Fsp3) is 0.208. The number of carbonyl (C=O) groups is 1. The van der Waals surface area contributed by atoms with E-state index in [4.69, 9.17) is 0 Å². The van der Waals surface area contributed by atoms with Crippen LogP contribution < -0.4 is 10.2 Å². The van der Waals surface area contributed by atoms with Crippen LogP contribution in [0.5, 0.6) is 0 Å². The Kier molecular flexibility index (Phi) is 10.3. The van der Waals surface area contributed by atoms with Gasteiger partial charge in [0.15, 0.2) is 5.78 Å². The third-order valence-electron chi connectivity index (χ3n) is 4.70. The van der Waals surface area contributed by atoms with Crippen LogP contribution in [-0.2, 0) is 6.42 Å². The lowest BCUT2D eigenvalue weighted by atomic mass is 10.0. The van der Waals surface area contributed by atoms with Crippen molar-refractivity contribution in [1.29, 1.82) is 0 Å². The minimum atomic E-state index is 0. The molecule has 0 aliphatic rings. The summed E-state index contributed by atoms with van der Waals surface area (Å²) in [4.78, 5) is 14.6. The highest BCUT2D eigenvalue weighted by molar-refractivity contribution is 5.97. The molecule has 3 aromatic rings. The molecule has 0 bridgehead atoms. The predicted octanol–water partition coefficient (Wildman–Crippen LogP) is 6.55. The van der Waals surface area contributed by atoms with Crippen molar-refractivity contribution >= 4 is 47.7 Å². The molecule has 29 heavy (non-hydrogen) atoms. The van der Waals surface area contributed by atoms with Crippen LogP contribution in [0.4, 0.5) is 17.1 Å². The van der Waals surface area contributed by atoms with Gasteiger partial charge in [0.1, 0.15) is 0 Å². The summed E-state index contributed by atoms with van der Waals surface area (Å²) >= 11 is 0. The standard InChI is InChI=1S/C24H26N2O.2ClH/c1-3-26(4-2)23-16-14-22(15-17-23)25-21-12-10-19(11-13-21)18-24(27)20-8-6-5-7-9-20;;/h5-17,25H,3-4,18H2,1-2H3;2*1H. The maximum absolute atomic E-state index is 12.3. The molecule has 0 spiro atoms. The smallest absolute Gasteiger partial charge is 0.167 e. The molecule has 0 saturated carbocycles. The van der Waals surface area contributed by atoms with Gasteiger partial charge >= 0.3 is 0 Å². The molecule has 0 heterocycles. The lowest BCUT2D eigenvalue weighted by Crippen LogP contribution is -2.21. The summed E-state index contributed by atoms with van der Waals surface area (Å²) in [5.74, 6) is 0.142. The number of anilines is 3. The zero-order valence-electron chi connectivity index (χ0n) is 16.8. The minimum Gasteiger partial charge on any atom is -0.372 e. The van der Waals surface area contributed by atoms with E-state index in [0.29, 0.717) is 6.42 Å². The summed E-state index contributed by atoms with van der Waals surface area (Å²) in [5.41, 5.74) is 5.08. The quantitative estimate of drug-likeness (QED) is 0.411. The molecular formula is C24H28Cl2N2O. The largest absolute Gasteiger partial charge is 0.372 e. The number of hydrogen-bond donors (Lipinski definition) is 1. The number of carbonyl (C=O) groups excluding carboxylic acids is 1. The molecule has 0 aliphatic carbocycles. The van der Waals surface area contributed by atoms with E-state index in [0.717, 1.165) is 35.6 Å². The Morgan fingerprint density at radius 3 is 1.79 bits per heavy atom. The van der Waals surface area contributed by atoms with E-state index in [1.54, 1.807) is 0 Å². The van der Waals surface area contributed by atoms with Crippen molar-refractivity contribution in [3.8, 4) is 0 Å². The first-order valence-corrected chi connectivity index (χ1v) is 9.48. The first kappa shape index (κ1) is 24.5. The van der Waals surface area contributed by atoms with Gasteiger partial charge < -0.3 is 10.2 Å². The van der Waals surface area contributed by atoms with Crippen molar-refractivity contribution in [2.24, 2.45) is 0 Å². The van der Waals surface area contributed by atoms with Gasteiger partial charge in [0.2, 0.25) is 0 Å². The number of benzene rings is 3. The number of ketones is 1. The Labute approximate surface area is 186 Å². The van der Waals surface area contributed by atoms with E-state index in [1.165, 1.54) is 5.69 Å². The minimum absolute atomic E-state index is 0. The molecule has 0 aromatic heterocycles. The van der Waals surface area contributed by atoms with Crippen LogP contribution in [0.3, 0.4) is 0 Å². The Hall–Kier alpha value is -2.49. The van der Waals surface area contributed by atoms with Crippen molar-refractivity contribution in [3.63, 3.8) is 0 Å². The molecule has 3 nitrogen and oxygen atoms in total. The lowest BCUT2D eigenvalue weighted by molar-refractivity contribution is 0.0993. The van der Waals surface area contributed by atoms with Crippen LogP contribution in [0.15, 0.2) is 78.9 Å². The van der Waals surface area contributed by atoms with Crippen LogP contribution >= 0.6 is 24.8 Å². The van der Waals surface area contributed by atoms with Gasteiger partial charge in [0.05, 0.1) is 0 Å². The highest BCUT2D eigenvalue weighted by Crippen LogP contribution is 2.22. The molecule has 0 aliphatic heterocycles. The Morgan fingerprint density at radius 1 is 0.759 bits per heavy atom. The van der Waals surface area contributed by atoms with Crippen molar-refractivity contribution in [2.75, 3.05) is 23.3 Å². The number of nitrogens with one attached hydrogen (secondary N) is 1. The molecule has 154 valence electrons. The average Bonchev–Trinajstić information content (AvgIpc) is 2.72. The van der Waals surface area contributed by atoms with Crippen molar-refractivity contribution in [3.05, 3.63) is 90.0 Å².